The molecule has 1 heterocycles. The average Bonchev–Trinajstić information content (AvgIpc) is 3.08. The molecule has 2 N–H and O–H groups in total. The van der Waals surface area contributed by atoms with E-state index in [-0.39, 0.29) is 17.5 Å². The van der Waals surface area contributed by atoms with Gasteiger partial charge in [0.25, 0.3) is 0 Å². The summed E-state index contributed by atoms with van der Waals surface area (Å²) in [5.74, 6) is 0.330. The van der Waals surface area contributed by atoms with Crippen LogP contribution in [0.2, 0.25) is 0 Å². The minimum absolute atomic E-state index is 0.0294. The van der Waals surface area contributed by atoms with Gasteiger partial charge in [-0.1, -0.05) is 38.1 Å². The first-order valence-electron chi connectivity index (χ1n) is 7.75. The molecule has 0 saturated heterocycles. The highest BCUT2D eigenvalue weighted by molar-refractivity contribution is 7.91. The van der Waals surface area contributed by atoms with Crippen molar-refractivity contribution < 1.29 is 13.2 Å². The highest BCUT2D eigenvalue weighted by Gasteiger charge is 2.30. The molecule has 0 fully saturated rings. The molecular weight excluding hydrogens is 344 g/mol. The van der Waals surface area contributed by atoms with E-state index in [1.54, 1.807) is 36.4 Å². The van der Waals surface area contributed by atoms with Gasteiger partial charge in [-0.25, -0.2) is 13.2 Å². The Morgan fingerprint density at radius 2 is 1.71 bits per heavy atom. The van der Waals surface area contributed by atoms with Gasteiger partial charge in [0, 0.05) is 18.0 Å². The van der Waals surface area contributed by atoms with Crippen molar-refractivity contribution >= 4 is 27.2 Å². The second-order valence-electron chi connectivity index (χ2n) is 5.85. The molecule has 24 heavy (non-hydrogen) atoms. The van der Waals surface area contributed by atoms with Crippen molar-refractivity contribution in [1.29, 1.82) is 0 Å². The summed E-state index contributed by atoms with van der Waals surface area (Å²) >= 11 is 1.37. The Kier molecular flexibility index (Phi) is 6.39. The van der Waals surface area contributed by atoms with Crippen LogP contribution in [0.25, 0.3) is 0 Å². The molecule has 2 aromatic rings. The topological polar surface area (TPSA) is 75.3 Å². The second kappa shape index (κ2) is 8.30. The zero-order valence-electron chi connectivity index (χ0n) is 13.7. The lowest BCUT2D eigenvalue weighted by Crippen LogP contribution is -2.40. The molecule has 1 unspecified atom stereocenters. The minimum atomic E-state index is -3.58. The van der Waals surface area contributed by atoms with Crippen LogP contribution in [0.3, 0.4) is 0 Å². The fourth-order valence-electron chi connectivity index (χ4n) is 2.16. The van der Waals surface area contributed by atoms with Gasteiger partial charge in [0.1, 0.15) is 5.25 Å². The molecule has 0 aliphatic carbocycles. The van der Waals surface area contributed by atoms with Gasteiger partial charge >= 0.3 is 6.03 Å². The van der Waals surface area contributed by atoms with E-state index in [1.807, 2.05) is 25.3 Å². The monoisotopic (exact) mass is 366 g/mol. The predicted molar refractivity (Wildman–Crippen MR) is 96.9 cm³/mol. The molecule has 0 aliphatic rings. The second-order valence-corrected chi connectivity index (χ2v) is 8.96. The molecule has 0 spiro atoms. The molecule has 1 atom stereocenters. The predicted octanol–water partition coefficient (Wildman–Crippen LogP) is 3.22. The van der Waals surface area contributed by atoms with Crippen molar-refractivity contribution in [3.8, 4) is 0 Å². The van der Waals surface area contributed by atoms with Crippen LogP contribution in [0.15, 0.2) is 52.7 Å². The number of hydrogen-bond acceptors (Lipinski definition) is 4. The summed E-state index contributed by atoms with van der Waals surface area (Å²) in [6.07, 6.45) is 0. The number of nitrogens with one attached hydrogen (secondary N) is 2. The number of benzene rings is 1. The van der Waals surface area contributed by atoms with Crippen molar-refractivity contribution in [2.75, 3.05) is 13.1 Å². The molecule has 0 radical (unpaired) electrons. The van der Waals surface area contributed by atoms with E-state index >= 15 is 0 Å². The van der Waals surface area contributed by atoms with E-state index in [1.165, 1.54) is 11.3 Å². The summed E-state index contributed by atoms with van der Waals surface area (Å²) in [6.45, 7) is 4.56. The number of rotatable bonds is 7. The Morgan fingerprint density at radius 1 is 1.04 bits per heavy atom. The number of thiophene rings is 1. The lowest BCUT2D eigenvalue weighted by Gasteiger charge is -2.18. The summed E-state index contributed by atoms with van der Waals surface area (Å²) in [7, 11) is -3.58. The van der Waals surface area contributed by atoms with E-state index < -0.39 is 15.1 Å². The van der Waals surface area contributed by atoms with E-state index in [2.05, 4.69) is 10.6 Å². The van der Waals surface area contributed by atoms with Gasteiger partial charge in [-0.15, -0.1) is 11.3 Å². The average molecular weight is 367 g/mol. The highest BCUT2D eigenvalue weighted by atomic mass is 32.2. The van der Waals surface area contributed by atoms with Gasteiger partial charge in [0.2, 0.25) is 0 Å². The van der Waals surface area contributed by atoms with Crippen molar-refractivity contribution in [3.05, 3.63) is 52.7 Å². The SMILES string of the molecule is CC(C)CNC(=O)NCC(c1cccs1)S(=O)(=O)c1ccccc1. The normalized spacial score (nSPS) is 12.8. The Balaban J connectivity index is 2.16. The third kappa shape index (κ3) is 4.82. The third-order valence-electron chi connectivity index (χ3n) is 3.43. The van der Waals surface area contributed by atoms with Gasteiger partial charge in [-0.05, 0) is 29.5 Å². The van der Waals surface area contributed by atoms with Gasteiger partial charge in [-0.3, -0.25) is 0 Å². The third-order valence-corrected chi connectivity index (χ3v) is 6.66. The highest BCUT2D eigenvalue weighted by Crippen LogP contribution is 2.31. The van der Waals surface area contributed by atoms with Gasteiger partial charge in [0.15, 0.2) is 9.84 Å². The largest absolute Gasteiger partial charge is 0.338 e. The van der Waals surface area contributed by atoms with Crippen LogP contribution in [0, 0.1) is 5.92 Å². The Bertz CT molecular complexity index is 741. The van der Waals surface area contributed by atoms with Crippen LogP contribution in [-0.2, 0) is 9.84 Å². The summed E-state index contributed by atoms with van der Waals surface area (Å²) in [6, 6.07) is 11.6. The van der Waals surface area contributed by atoms with Crippen molar-refractivity contribution in [3.63, 3.8) is 0 Å². The molecule has 7 heteroatoms. The molecule has 0 saturated carbocycles. The van der Waals surface area contributed by atoms with Gasteiger partial charge in [-0.2, -0.15) is 0 Å². The smallest absolute Gasteiger partial charge is 0.314 e. The Morgan fingerprint density at radius 3 is 2.29 bits per heavy atom. The van der Waals surface area contributed by atoms with Crippen LogP contribution < -0.4 is 10.6 Å². The molecule has 2 amide bonds. The van der Waals surface area contributed by atoms with Crippen LogP contribution in [-0.4, -0.2) is 27.5 Å². The number of carbonyl (C=O) groups is 1. The lowest BCUT2D eigenvalue weighted by atomic mass is 10.2. The summed E-state index contributed by atoms with van der Waals surface area (Å²) in [5, 5.41) is 6.45. The number of sulfone groups is 1. The first-order chi connectivity index (χ1) is 11.4. The number of carbonyl (C=O) groups excluding carboxylic acids is 1. The summed E-state index contributed by atoms with van der Waals surface area (Å²) < 4.78 is 25.9. The number of urea groups is 1. The fourth-order valence-corrected chi connectivity index (χ4v) is 4.96. The van der Waals surface area contributed by atoms with Crippen LogP contribution in [0.4, 0.5) is 4.79 Å². The zero-order valence-corrected chi connectivity index (χ0v) is 15.4. The van der Waals surface area contributed by atoms with E-state index in [4.69, 9.17) is 0 Å². The fraction of sp³-hybridized carbons (Fsp3) is 0.353. The maximum atomic E-state index is 12.9. The molecular formula is C17H22N2O3S2. The van der Waals surface area contributed by atoms with E-state index in [9.17, 15) is 13.2 Å². The summed E-state index contributed by atoms with van der Waals surface area (Å²) in [4.78, 5) is 12.8. The maximum Gasteiger partial charge on any atom is 0.314 e. The standard InChI is InChI=1S/C17H22N2O3S2/c1-13(2)11-18-17(20)19-12-16(15-9-6-10-23-15)24(21,22)14-7-4-3-5-8-14/h3-10,13,16H,11-12H2,1-2H3,(H2,18,19,20). The van der Waals surface area contributed by atoms with E-state index in [0.717, 1.165) is 0 Å². The zero-order chi connectivity index (χ0) is 17.6. The molecule has 0 aliphatic heterocycles. The first-order valence-corrected chi connectivity index (χ1v) is 10.2. The first kappa shape index (κ1) is 18.5. The lowest BCUT2D eigenvalue weighted by molar-refractivity contribution is 0.239. The molecule has 2 rings (SSSR count). The molecule has 1 aromatic heterocycles. The van der Waals surface area contributed by atoms with Crippen molar-refractivity contribution in [2.24, 2.45) is 5.92 Å². The van der Waals surface area contributed by atoms with Crippen LogP contribution in [0.1, 0.15) is 24.0 Å². The van der Waals surface area contributed by atoms with Gasteiger partial charge in [0.05, 0.1) is 4.90 Å². The Labute approximate surface area is 147 Å². The van der Waals surface area contributed by atoms with Crippen molar-refractivity contribution in [2.45, 2.75) is 24.0 Å². The molecule has 1 aromatic carbocycles. The molecule has 5 nitrogen and oxygen atoms in total. The molecule has 130 valence electrons. The van der Waals surface area contributed by atoms with E-state index in [0.29, 0.717) is 17.3 Å². The molecule has 0 bridgehead atoms. The number of amides is 2. The van der Waals surface area contributed by atoms with Crippen LogP contribution >= 0.6 is 11.3 Å². The van der Waals surface area contributed by atoms with Gasteiger partial charge < -0.3 is 10.6 Å². The number of hydrogen-bond donors (Lipinski definition) is 2. The Hall–Kier alpha value is -1.86. The summed E-state index contributed by atoms with van der Waals surface area (Å²) in [5.41, 5.74) is 0. The van der Waals surface area contributed by atoms with Crippen molar-refractivity contribution in [1.82, 2.24) is 10.6 Å². The maximum absolute atomic E-state index is 12.9. The van der Waals surface area contributed by atoms with Crippen LogP contribution in [0.5, 0.6) is 0 Å². The minimum Gasteiger partial charge on any atom is -0.338 e. The quantitative estimate of drug-likeness (QED) is 0.790.